The van der Waals surface area contributed by atoms with E-state index >= 15 is 0 Å². The number of ether oxygens (including phenoxy) is 1. The van der Waals surface area contributed by atoms with Crippen LogP contribution in [0.2, 0.25) is 0 Å². The smallest absolute Gasteiger partial charge is 0.348 e. The lowest BCUT2D eigenvalue weighted by Gasteiger charge is -2.17. The predicted molar refractivity (Wildman–Crippen MR) is 89.0 cm³/mol. The number of benzene rings is 2. The second-order valence-electron chi connectivity index (χ2n) is 5.48. The molecular weight excluding hydrogens is 308 g/mol. The Labute approximate surface area is 133 Å². The molecule has 0 saturated heterocycles. The second-order valence-corrected chi connectivity index (χ2v) is 6.04. The Morgan fingerprint density at radius 3 is 2.78 bits per heavy atom. The van der Waals surface area contributed by atoms with Crippen molar-refractivity contribution in [3.05, 3.63) is 58.5 Å². The highest BCUT2D eigenvalue weighted by molar-refractivity contribution is 6.15. The first-order valence-electron chi connectivity index (χ1n) is 7.19. The molecule has 2 aromatic heterocycles. The molecule has 0 aliphatic carbocycles. The van der Waals surface area contributed by atoms with Crippen LogP contribution in [0.5, 0.6) is 5.75 Å². The van der Waals surface area contributed by atoms with Crippen LogP contribution in [0.4, 0.5) is 0 Å². The first kappa shape index (κ1) is 12.7. The van der Waals surface area contributed by atoms with Crippen LogP contribution in [0, 0.1) is 0 Å². The number of hydrogen-bond donors (Lipinski definition) is 0. The predicted octanol–water partition coefficient (Wildman–Crippen LogP) is 3.59. The molecule has 2 aromatic carbocycles. The topological polar surface area (TPSA) is 52.6 Å². The molecule has 1 atom stereocenters. The summed E-state index contributed by atoms with van der Waals surface area (Å²) in [5.41, 5.74) is 2.02. The van der Waals surface area contributed by atoms with Crippen LogP contribution in [-0.4, -0.2) is 16.0 Å². The lowest BCUT2D eigenvalue weighted by Crippen LogP contribution is -2.16. The molecule has 0 spiro atoms. The molecule has 1 unspecified atom stereocenters. The Balaban J connectivity index is 1.97. The Hall–Kier alpha value is -2.79. The number of hydrogen-bond acceptors (Lipinski definition) is 4. The standard InChI is InChI=1S/C18H9O4Si/c19-18-16-11-7-9-5-6-15(23)20-13(9)8-14(11)21-17(16)10-3-1-2-4-12(10)22-18/h1-8,15H. The molecule has 1 aliphatic rings. The fraction of sp³-hybridized carbons (Fsp3) is 0.0556. The van der Waals surface area contributed by atoms with Crippen molar-refractivity contribution >= 4 is 49.2 Å². The quantitative estimate of drug-likeness (QED) is 0.367. The molecule has 0 saturated carbocycles. The summed E-state index contributed by atoms with van der Waals surface area (Å²) in [6.45, 7) is 0. The third-order valence-corrected chi connectivity index (χ3v) is 4.37. The molecule has 109 valence electrons. The van der Waals surface area contributed by atoms with E-state index in [-0.39, 0.29) is 5.73 Å². The maximum absolute atomic E-state index is 12.4. The third kappa shape index (κ3) is 1.74. The number of rotatable bonds is 0. The van der Waals surface area contributed by atoms with Gasteiger partial charge in [0.15, 0.2) is 5.58 Å². The maximum atomic E-state index is 12.4. The van der Waals surface area contributed by atoms with Crippen LogP contribution in [0.1, 0.15) is 5.56 Å². The molecule has 3 radical (unpaired) electrons. The minimum atomic E-state index is -0.392. The Kier molecular flexibility index (Phi) is 2.41. The number of para-hydroxylation sites is 1. The minimum absolute atomic E-state index is 0.171. The molecule has 23 heavy (non-hydrogen) atoms. The molecule has 0 bridgehead atoms. The van der Waals surface area contributed by atoms with Crippen LogP contribution in [0.15, 0.2) is 56.1 Å². The Morgan fingerprint density at radius 1 is 1.00 bits per heavy atom. The minimum Gasteiger partial charge on any atom is -0.490 e. The van der Waals surface area contributed by atoms with Crippen LogP contribution in [0.25, 0.3) is 39.0 Å². The maximum Gasteiger partial charge on any atom is 0.348 e. The fourth-order valence-corrected chi connectivity index (χ4v) is 3.25. The molecule has 0 amide bonds. The van der Waals surface area contributed by atoms with Crippen molar-refractivity contribution in [2.75, 3.05) is 0 Å². The molecule has 5 heteroatoms. The Morgan fingerprint density at radius 2 is 1.87 bits per heavy atom. The summed E-state index contributed by atoms with van der Waals surface area (Å²) in [6.07, 6.45) is 3.85. The van der Waals surface area contributed by atoms with E-state index in [9.17, 15) is 4.79 Å². The zero-order chi connectivity index (χ0) is 15.6. The average molecular weight is 317 g/mol. The second kappa shape index (κ2) is 4.36. The van der Waals surface area contributed by atoms with E-state index in [0.29, 0.717) is 27.9 Å². The normalized spacial score (nSPS) is 16.8. The first-order chi connectivity index (χ1) is 11.2. The summed E-state index contributed by atoms with van der Waals surface area (Å²) >= 11 is 0. The van der Waals surface area contributed by atoms with Gasteiger partial charge in [-0.3, -0.25) is 0 Å². The highest BCUT2D eigenvalue weighted by Gasteiger charge is 2.19. The van der Waals surface area contributed by atoms with E-state index in [0.717, 1.165) is 16.3 Å². The molecule has 3 heterocycles. The SMILES string of the molecule is O=c1oc2ccccc2c2oc3cc4c(cc3c12)C=CC([Si])O4. The van der Waals surface area contributed by atoms with Crippen LogP contribution in [-0.2, 0) is 0 Å². The summed E-state index contributed by atoms with van der Waals surface area (Å²) in [5.74, 6) is 0.716. The molecule has 0 fully saturated rings. The van der Waals surface area contributed by atoms with Gasteiger partial charge in [-0.1, -0.05) is 18.2 Å². The summed E-state index contributed by atoms with van der Waals surface area (Å²) in [4.78, 5) is 12.4. The van der Waals surface area contributed by atoms with Crippen molar-refractivity contribution in [1.29, 1.82) is 0 Å². The van der Waals surface area contributed by atoms with Crippen LogP contribution < -0.4 is 10.4 Å². The third-order valence-electron chi connectivity index (χ3n) is 4.06. The lowest BCUT2D eigenvalue weighted by atomic mass is 10.1. The zero-order valence-corrected chi connectivity index (χ0v) is 12.8. The zero-order valence-electron chi connectivity index (χ0n) is 11.8. The van der Waals surface area contributed by atoms with E-state index in [1.54, 1.807) is 6.07 Å². The fourth-order valence-electron chi connectivity index (χ4n) is 3.03. The van der Waals surface area contributed by atoms with Crippen molar-refractivity contribution in [2.24, 2.45) is 0 Å². The lowest BCUT2D eigenvalue weighted by molar-refractivity contribution is 0.321. The monoisotopic (exact) mass is 317 g/mol. The van der Waals surface area contributed by atoms with E-state index in [1.165, 1.54) is 0 Å². The summed E-state index contributed by atoms with van der Waals surface area (Å²) in [6, 6.07) is 11.1. The van der Waals surface area contributed by atoms with Gasteiger partial charge in [0.05, 0.1) is 21.4 Å². The first-order valence-corrected chi connectivity index (χ1v) is 7.76. The molecule has 1 aliphatic heterocycles. The number of furan rings is 1. The van der Waals surface area contributed by atoms with Crippen molar-refractivity contribution in [1.82, 2.24) is 0 Å². The molecule has 0 N–H and O–H groups in total. The average Bonchev–Trinajstić information content (AvgIpc) is 2.92. The van der Waals surface area contributed by atoms with Crippen molar-refractivity contribution in [3.63, 3.8) is 0 Å². The highest BCUT2D eigenvalue weighted by atomic mass is 28.1. The molecule has 5 rings (SSSR count). The van der Waals surface area contributed by atoms with Gasteiger partial charge in [0.1, 0.15) is 22.3 Å². The van der Waals surface area contributed by atoms with Crippen molar-refractivity contribution in [2.45, 2.75) is 5.73 Å². The summed E-state index contributed by atoms with van der Waals surface area (Å²) in [7, 11) is 3.45. The van der Waals surface area contributed by atoms with Crippen molar-refractivity contribution < 1.29 is 13.6 Å². The molecule has 4 aromatic rings. The van der Waals surface area contributed by atoms with Crippen LogP contribution in [0.3, 0.4) is 0 Å². The van der Waals surface area contributed by atoms with E-state index in [4.69, 9.17) is 13.6 Å². The largest absolute Gasteiger partial charge is 0.490 e. The highest BCUT2D eigenvalue weighted by Crippen LogP contribution is 2.37. The molecule has 4 nitrogen and oxygen atoms in total. The van der Waals surface area contributed by atoms with Crippen LogP contribution >= 0.6 is 0 Å². The summed E-state index contributed by atoms with van der Waals surface area (Å²) in [5, 5.41) is 1.99. The summed E-state index contributed by atoms with van der Waals surface area (Å²) < 4.78 is 17.1. The van der Waals surface area contributed by atoms with E-state index in [1.807, 2.05) is 42.5 Å². The van der Waals surface area contributed by atoms with Gasteiger partial charge in [0, 0.05) is 17.0 Å². The Bertz CT molecular complexity index is 1180. The number of fused-ring (bicyclic) bond motifs is 6. The van der Waals surface area contributed by atoms with Gasteiger partial charge in [0.25, 0.3) is 0 Å². The van der Waals surface area contributed by atoms with E-state index in [2.05, 4.69) is 10.2 Å². The van der Waals surface area contributed by atoms with Gasteiger partial charge >= 0.3 is 5.63 Å². The molecular formula is C18H9O4Si. The van der Waals surface area contributed by atoms with Gasteiger partial charge in [-0.2, -0.15) is 0 Å². The van der Waals surface area contributed by atoms with Crippen molar-refractivity contribution in [3.8, 4) is 5.75 Å². The van der Waals surface area contributed by atoms with Gasteiger partial charge in [-0.15, -0.1) is 0 Å². The van der Waals surface area contributed by atoms with Gasteiger partial charge in [-0.25, -0.2) is 4.79 Å². The van der Waals surface area contributed by atoms with Gasteiger partial charge in [0.2, 0.25) is 0 Å². The van der Waals surface area contributed by atoms with E-state index < -0.39 is 5.63 Å². The van der Waals surface area contributed by atoms with Gasteiger partial charge in [-0.05, 0) is 24.3 Å². The van der Waals surface area contributed by atoms with Gasteiger partial charge < -0.3 is 13.6 Å².